The quantitative estimate of drug-likeness (QED) is 0.691. The van der Waals surface area contributed by atoms with Crippen molar-refractivity contribution in [1.29, 1.82) is 0 Å². The van der Waals surface area contributed by atoms with E-state index in [0.29, 0.717) is 24.1 Å². The van der Waals surface area contributed by atoms with E-state index >= 15 is 0 Å². The molecular weight excluding hydrogens is 338 g/mol. The first-order valence-corrected chi connectivity index (χ1v) is 9.88. The Morgan fingerprint density at radius 3 is 2.24 bits per heavy atom. The number of hydrogen-bond acceptors (Lipinski definition) is 4. The first-order chi connectivity index (χ1) is 12.0. The molecule has 2 rings (SSSR count). The number of para-hydroxylation sites is 1. The monoisotopic (exact) mass is 361 g/mol. The van der Waals surface area contributed by atoms with Crippen molar-refractivity contribution in [2.45, 2.75) is 38.0 Å². The van der Waals surface area contributed by atoms with Gasteiger partial charge in [0, 0.05) is 5.69 Å². The number of hydrogen-bond donors (Lipinski definition) is 1. The number of rotatable bonds is 9. The van der Waals surface area contributed by atoms with Crippen molar-refractivity contribution in [2.75, 3.05) is 5.32 Å². The second-order valence-corrected chi connectivity index (χ2v) is 7.37. The van der Waals surface area contributed by atoms with Gasteiger partial charge in [0.1, 0.15) is 5.75 Å². The number of amides is 1. The molecule has 1 N–H and O–H groups in total. The minimum atomic E-state index is -3.86. The van der Waals surface area contributed by atoms with Gasteiger partial charge in [0.15, 0.2) is 6.10 Å². The average Bonchev–Trinajstić information content (AvgIpc) is 2.60. The van der Waals surface area contributed by atoms with Crippen LogP contribution in [-0.4, -0.2) is 20.4 Å². The van der Waals surface area contributed by atoms with Gasteiger partial charge >= 0.3 is 0 Å². The van der Waals surface area contributed by atoms with Crippen LogP contribution < -0.4 is 5.32 Å². The molecule has 1 amide bonds. The minimum absolute atomic E-state index is 0.255. The Balaban J connectivity index is 2.06. The van der Waals surface area contributed by atoms with E-state index in [-0.39, 0.29) is 5.75 Å². The molecule has 2 aromatic rings. The van der Waals surface area contributed by atoms with E-state index in [0.717, 1.165) is 6.42 Å². The lowest BCUT2D eigenvalue weighted by Crippen LogP contribution is -2.33. The van der Waals surface area contributed by atoms with Crippen LogP contribution in [0.15, 0.2) is 60.7 Å². The number of anilines is 1. The smallest absolute Gasteiger partial charge is 0.272 e. The number of carbonyl (C=O) groups is 1. The van der Waals surface area contributed by atoms with Crippen molar-refractivity contribution >= 4 is 21.7 Å². The maximum Gasteiger partial charge on any atom is 0.272 e. The van der Waals surface area contributed by atoms with E-state index in [1.807, 2.05) is 19.1 Å². The topological polar surface area (TPSA) is 72.5 Å². The highest BCUT2D eigenvalue weighted by molar-refractivity contribution is 7.85. The number of carbonyl (C=O) groups excluding carboxylic acids is 1. The van der Waals surface area contributed by atoms with Crippen molar-refractivity contribution in [1.82, 2.24) is 0 Å². The van der Waals surface area contributed by atoms with Gasteiger partial charge in [0.25, 0.3) is 16.0 Å². The fraction of sp³-hybridized carbons (Fsp3) is 0.316. The molecule has 0 spiro atoms. The van der Waals surface area contributed by atoms with Gasteiger partial charge in [0.05, 0.1) is 0 Å². The summed E-state index contributed by atoms with van der Waals surface area (Å²) < 4.78 is 29.9. The van der Waals surface area contributed by atoms with Crippen LogP contribution in [0, 0.1) is 0 Å². The lowest BCUT2D eigenvalue weighted by atomic mass is 10.1. The van der Waals surface area contributed by atoms with E-state index in [4.69, 9.17) is 4.18 Å². The van der Waals surface area contributed by atoms with Gasteiger partial charge in [-0.3, -0.25) is 8.98 Å². The summed E-state index contributed by atoms with van der Waals surface area (Å²) >= 11 is 0. The largest absolute Gasteiger partial charge is 0.324 e. The van der Waals surface area contributed by atoms with Crippen LogP contribution in [0.2, 0.25) is 0 Å². The zero-order chi connectivity index (χ0) is 18.1. The van der Waals surface area contributed by atoms with Crippen LogP contribution in [0.25, 0.3) is 0 Å². The Kier molecular flexibility index (Phi) is 7.16. The first kappa shape index (κ1) is 19.1. The summed E-state index contributed by atoms with van der Waals surface area (Å²) in [5.74, 6) is -0.703. The van der Waals surface area contributed by atoms with Gasteiger partial charge in [-0.05, 0) is 24.1 Å². The summed E-state index contributed by atoms with van der Waals surface area (Å²) in [4.78, 5) is 12.4. The van der Waals surface area contributed by atoms with E-state index < -0.39 is 22.1 Å². The van der Waals surface area contributed by atoms with Crippen LogP contribution in [0.5, 0.6) is 0 Å². The Hall–Kier alpha value is -2.18. The van der Waals surface area contributed by atoms with E-state index in [2.05, 4.69) is 5.32 Å². The van der Waals surface area contributed by atoms with Crippen molar-refractivity contribution in [3.63, 3.8) is 0 Å². The van der Waals surface area contributed by atoms with E-state index in [9.17, 15) is 13.2 Å². The summed E-state index contributed by atoms with van der Waals surface area (Å²) in [7, 11) is -3.86. The molecule has 0 aliphatic rings. The third kappa shape index (κ3) is 6.68. The average molecular weight is 361 g/mol. The molecule has 0 aromatic heterocycles. The maximum absolute atomic E-state index is 12.4. The predicted molar refractivity (Wildman–Crippen MR) is 98.5 cm³/mol. The van der Waals surface area contributed by atoms with Crippen LogP contribution in [-0.2, 0) is 24.8 Å². The molecule has 0 heterocycles. The second-order valence-electron chi connectivity index (χ2n) is 5.77. The Morgan fingerprint density at radius 1 is 1.04 bits per heavy atom. The van der Waals surface area contributed by atoms with Gasteiger partial charge in [-0.1, -0.05) is 68.3 Å². The third-order valence-corrected chi connectivity index (χ3v) is 4.82. The molecule has 0 saturated carbocycles. The molecule has 0 fully saturated rings. The van der Waals surface area contributed by atoms with Crippen LogP contribution in [0.4, 0.5) is 5.69 Å². The predicted octanol–water partition coefficient (Wildman–Crippen LogP) is 3.73. The number of benzene rings is 2. The fourth-order valence-corrected chi connectivity index (χ4v) is 3.55. The van der Waals surface area contributed by atoms with Crippen molar-refractivity contribution in [3.8, 4) is 0 Å². The van der Waals surface area contributed by atoms with Gasteiger partial charge in [-0.25, -0.2) is 0 Å². The van der Waals surface area contributed by atoms with Gasteiger partial charge in [0.2, 0.25) is 0 Å². The zero-order valence-corrected chi connectivity index (χ0v) is 15.0. The molecule has 0 saturated heterocycles. The molecule has 1 atom stereocenters. The van der Waals surface area contributed by atoms with Gasteiger partial charge in [-0.2, -0.15) is 8.42 Å². The summed E-state index contributed by atoms with van der Waals surface area (Å²) in [6.45, 7) is 1.98. The fourth-order valence-electron chi connectivity index (χ4n) is 2.35. The summed E-state index contributed by atoms with van der Waals surface area (Å²) in [5.41, 5.74) is 1.23. The van der Waals surface area contributed by atoms with Crippen LogP contribution in [0.3, 0.4) is 0 Å². The highest BCUT2D eigenvalue weighted by atomic mass is 32.2. The molecule has 134 valence electrons. The molecule has 0 aliphatic carbocycles. The highest BCUT2D eigenvalue weighted by Crippen LogP contribution is 2.16. The number of unbranched alkanes of at least 4 members (excludes halogenated alkanes) is 1. The normalized spacial score (nSPS) is 12.5. The lowest BCUT2D eigenvalue weighted by Gasteiger charge is -2.17. The molecule has 0 aliphatic heterocycles. The molecule has 6 heteroatoms. The standard InChI is InChI=1S/C19H23NO4S/c1-2-3-14-18(19(21)20-17-12-8-5-9-13-17)24-25(22,23)15-16-10-6-4-7-11-16/h4-13,18H,2-3,14-15H2,1H3,(H,20,21)/t18-/m0/s1. The third-order valence-electron chi connectivity index (χ3n) is 3.60. The molecule has 2 aromatic carbocycles. The van der Waals surface area contributed by atoms with Crippen LogP contribution >= 0.6 is 0 Å². The molecule has 5 nitrogen and oxygen atoms in total. The van der Waals surface area contributed by atoms with E-state index in [1.165, 1.54) is 0 Å². The molecule has 0 bridgehead atoms. The lowest BCUT2D eigenvalue weighted by molar-refractivity contribution is -0.122. The van der Waals surface area contributed by atoms with Crippen molar-refractivity contribution < 1.29 is 17.4 Å². The summed E-state index contributed by atoms with van der Waals surface area (Å²) in [5, 5.41) is 2.71. The highest BCUT2D eigenvalue weighted by Gasteiger charge is 2.26. The van der Waals surface area contributed by atoms with Crippen molar-refractivity contribution in [3.05, 3.63) is 66.2 Å². The number of nitrogens with one attached hydrogen (secondary N) is 1. The maximum atomic E-state index is 12.4. The summed E-state index contributed by atoms with van der Waals surface area (Å²) in [6.07, 6.45) is 0.863. The minimum Gasteiger partial charge on any atom is -0.324 e. The SMILES string of the molecule is CCCC[C@H](OS(=O)(=O)Cc1ccccc1)C(=O)Nc1ccccc1. The molecule has 25 heavy (non-hydrogen) atoms. The molecule has 0 unspecified atom stereocenters. The van der Waals surface area contributed by atoms with Crippen molar-refractivity contribution in [2.24, 2.45) is 0 Å². The Labute approximate surface area is 149 Å². The Morgan fingerprint density at radius 2 is 1.64 bits per heavy atom. The molecule has 0 radical (unpaired) electrons. The summed E-state index contributed by atoms with van der Waals surface area (Å²) in [6, 6.07) is 17.7. The first-order valence-electron chi connectivity index (χ1n) is 8.31. The Bertz CT molecular complexity index is 761. The van der Waals surface area contributed by atoms with Crippen LogP contribution in [0.1, 0.15) is 31.7 Å². The van der Waals surface area contributed by atoms with E-state index in [1.54, 1.807) is 48.5 Å². The van der Waals surface area contributed by atoms with Gasteiger partial charge < -0.3 is 5.32 Å². The van der Waals surface area contributed by atoms with Gasteiger partial charge in [-0.15, -0.1) is 0 Å². The second kappa shape index (κ2) is 9.34. The molecular formula is C19H23NO4S. The zero-order valence-electron chi connectivity index (χ0n) is 14.2.